The molecule has 1 aliphatic heterocycles. The van der Waals surface area contributed by atoms with Crippen molar-refractivity contribution in [3.63, 3.8) is 0 Å². The minimum absolute atomic E-state index is 0.740. The van der Waals surface area contributed by atoms with Gasteiger partial charge in [-0.1, -0.05) is 43.3 Å². The Morgan fingerprint density at radius 1 is 0.889 bits per heavy atom. The van der Waals surface area contributed by atoms with Crippen LogP contribution in [-0.4, -0.2) is 18.7 Å². The number of hydrogen-bond donors (Lipinski definition) is 1. The molecular formula is C23H21N3O. The maximum absolute atomic E-state index is 5.28. The van der Waals surface area contributed by atoms with Crippen molar-refractivity contribution in [2.24, 2.45) is 10.1 Å². The van der Waals surface area contributed by atoms with E-state index in [9.17, 15) is 0 Å². The molecule has 0 aliphatic carbocycles. The van der Waals surface area contributed by atoms with Gasteiger partial charge in [0.25, 0.3) is 0 Å². The van der Waals surface area contributed by atoms with Crippen molar-refractivity contribution in [2.45, 2.75) is 13.3 Å². The van der Waals surface area contributed by atoms with Crippen molar-refractivity contribution in [1.82, 2.24) is 5.43 Å². The molecule has 4 heteroatoms. The molecule has 1 aliphatic rings. The number of aryl methyl sites for hydroxylation is 1. The first-order valence-corrected chi connectivity index (χ1v) is 9.04. The summed E-state index contributed by atoms with van der Waals surface area (Å²) in [7, 11) is 1.67. The topological polar surface area (TPSA) is 46.0 Å². The Morgan fingerprint density at radius 3 is 2.37 bits per heavy atom. The average Bonchev–Trinajstić information content (AvgIpc) is 2.93. The van der Waals surface area contributed by atoms with E-state index in [1.165, 1.54) is 5.56 Å². The quantitative estimate of drug-likeness (QED) is 0.738. The Bertz CT molecular complexity index is 1010. The fourth-order valence-corrected chi connectivity index (χ4v) is 3.10. The van der Waals surface area contributed by atoms with Gasteiger partial charge in [0.1, 0.15) is 5.75 Å². The Morgan fingerprint density at radius 2 is 1.67 bits per heavy atom. The first-order chi connectivity index (χ1) is 13.3. The second kappa shape index (κ2) is 7.46. The molecule has 0 bridgehead atoms. The molecule has 0 fully saturated rings. The Labute approximate surface area is 159 Å². The van der Waals surface area contributed by atoms with Gasteiger partial charge in [-0.25, -0.2) is 4.99 Å². The van der Waals surface area contributed by atoms with Gasteiger partial charge in [0, 0.05) is 16.7 Å². The summed E-state index contributed by atoms with van der Waals surface area (Å²) in [5.74, 6) is 1.56. The minimum atomic E-state index is 0.740. The zero-order valence-electron chi connectivity index (χ0n) is 15.4. The normalized spacial score (nSPS) is 13.0. The molecule has 0 saturated heterocycles. The number of nitrogens with zero attached hydrogens (tertiary/aromatic N) is 2. The number of fused-ring (bicyclic) bond motifs is 1. The molecule has 4 rings (SSSR count). The predicted octanol–water partition coefficient (Wildman–Crippen LogP) is 4.69. The highest BCUT2D eigenvalue weighted by Crippen LogP contribution is 2.28. The van der Waals surface area contributed by atoms with Crippen molar-refractivity contribution >= 4 is 17.2 Å². The molecule has 134 valence electrons. The molecular weight excluding hydrogens is 334 g/mol. The molecule has 0 spiro atoms. The number of rotatable bonds is 4. The van der Waals surface area contributed by atoms with E-state index >= 15 is 0 Å². The maximum Gasteiger partial charge on any atom is 0.154 e. The van der Waals surface area contributed by atoms with Crippen molar-refractivity contribution < 1.29 is 4.74 Å². The summed E-state index contributed by atoms with van der Waals surface area (Å²) in [5.41, 5.74) is 9.25. The zero-order valence-corrected chi connectivity index (χ0v) is 15.4. The first-order valence-electron chi connectivity index (χ1n) is 9.04. The van der Waals surface area contributed by atoms with E-state index in [0.717, 1.165) is 46.1 Å². The molecule has 0 amide bonds. The van der Waals surface area contributed by atoms with Crippen molar-refractivity contribution in [1.29, 1.82) is 0 Å². The van der Waals surface area contributed by atoms with E-state index in [0.29, 0.717) is 0 Å². The molecule has 4 nitrogen and oxygen atoms in total. The van der Waals surface area contributed by atoms with E-state index in [-0.39, 0.29) is 0 Å². The Kier molecular flexibility index (Phi) is 4.71. The summed E-state index contributed by atoms with van der Waals surface area (Å²) in [6, 6.07) is 24.4. The SMILES string of the molecule is CCc1ccc2c(c1)C(c1ccc(OC)cc1)=NNC(c1ccccc1)=N2. The lowest BCUT2D eigenvalue weighted by Gasteiger charge is -2.10. The summed E-state index contributed by atoms with van der Waals surface area (Å²) in [4.78, 5) is 4.86. The molecule has 3 aromatic rings. The third-order valence-electron chi connectivity index (χ3n) is 4.64. The maximum atomic E-state index is 5.28. The van der Waals surface area contributed by atoms with Crippen molar-refractivity contribution in [3.05, 3.63) is 95.1 Å². The molecule has 0 aromatic heterocycles. The van der Waals surface area contributed by atoms with Crippen LogP contribution in [0.25, 0.3) is 0 Å². The van der Waals surface area contributed by atoms with E-state index in [4.69, 9.17) is 14.8 Å². The van der Waals surface area contributed by atoms with Crippen molar-refractivity contribution in [2.75, 3.05) is 7.11 Å². The summed E-state index contributed by atoms with van der Waals surface area (Å²) in [6.45, 7) is 2.15. The Hall–Kier alpha value is -3.40. The van der Waals surface area contributed by atoms with Gasteiger partial charge in [-0.2, -0.15) is 5.10 Å². The number of hydrogen-bond acceptors (Lipinski definition) is 4. The third-order valence-corrected chi connectivity index (χ3v) is 4.64. The molecule has 1 heterocycles. The molecule has 1 N–H and O–H groups in total. The lowest BCUT2D eigenvalue weighted by Crippen LogP contribution is -2.19. The van der Waals surface area contributed by atoms with Crippen LogP contribution in [0.3, 0.4) is 0 Å². The molecule has 0 atom stereocenters. The number of methoxy groups -OCH3 is 1. The minimum Gasteiger partial charge on any atom is -0.497 e. The largest absolute Gasteiger partial charge is 0.497 e. The fourth-order valence-electron chi connectivity index (χ4n) is 3.10. The second-order valence-corrected chi connectivity index (χ2v) is 6.33. The number of benzene rings is 3. The fraction of sp³-hybridized carbons (Fsp3) is 0.130. The van der Waals surface area contributed by atoms with Gasteiger partial charge >= 0.3 is 0 Å². The van der Waals surface area contributed by atoms with Crippen LogP contribution in [0.1, 0.15) is 29.2 Å². The standard InChI is InChI=1S/C23H21N3O/c1-3-16-9-14-21-20(15-16)22(17-10-12-19(27-2)13-11-17)25-26-23(24-21)18-7-5-4-6-8-18/h4-15H,3H2,1-2H3,(H,24,26). The molecule has 0 unspecified atom stereocenters. The molecule has 0 radical (unpaired) electrons. The van der Waals surface area contributed by atoms with Gasteiger partial charge in [0.15, 0.2) is 5.84 Å². The highest BCUT2D eigenvalue weighted by atomic mass is 16.5. The average molecular weight is 355 g/mol. The van der Waals surface area contributed by atoms with Crippen LogP contribution in [0.2, 0.25) is 0 Å². The number of nitrogens with one attached hydrogen (secondary N) is 1. The first kappa shape index (κ1) is 17.0. The summed E-state index contributed by atoms with van der Waals surface area (Å²) in [6.07, 6.45) is 0.964. The van der Waals surface area contributed by atoms with Crippen LogP contribution >= 0.6 is 0 Å². The highest BCUT2D eigenvalue weighted by molar-refractivity contribution is 6.18. The van der Waals surface area contributed by atoms with E-state index in [2.05, 4.69) is 30.5 Å². The van der Waals surface area contributed by atoms with Crippen LogP contribution in [0.4, 0.5) is 5.69 Å². The lowest BCUT2D eigenvalue weighted by molar-refractivity contribution is 0.415. The number of ether oxygens (including phenoxy) is 1. The van der Waals surface area contributed by atoms with E-state index in [1.54, 1.807) is 7.11 Å². The van der Waals surface area contributed by atoms with Crippen LogP contribution in [0.5, 0.6) is 5.75 Å². The molecule has 0 saturated carbocycles. The highest BCUT2D eigenvalue weighted by Gasteiger charge is 2.17. The van der Waals surface area contributed by atoms with E-state index in [1.807, 2.05) is 54.6 Å². The lowest BCUT2D eigenvalue weighted by atomic mass is 9.98. The number of aliphatic imine (C=N–C) groups is 1. The Balaban J connectivity index is 1.85. The van der Waals surface area contributed by atoms with Gasteiger partial charge in [0.05, 0.1) is 18.5 Å². The molecule has 3 aromatic carbocycles. The summed E-state index contributed by atoms with van der Waals surface area (Å²) in [5, 5.41) is 4.72. The van der Waals surface area contributed by atoms with Gasteiger partial charge < -0.3 is 4.74 Å². The van der Waals surface area contributed by atoms with Crippen LogP contribution in [-0.2, 0) is 6.42 Å². The monoisotopic (exact) mass is 355 g/mol. The van der Waals surface area contributed by atoms with Crippen LogP contribution in [0.15, 0.2) is 82.9 Å². The van der Waals surface area contributed by atoms with E-state index < -0.39 is 0 Å². The number of hydrazone groups is 1. The van der Waals surface area contributed by atoms with Crippen LogP contribution in [0, 0.1) is 0 Å². The van der Waals surface area contributed by atoms with Crippen molar-refractivity contribution in [3.8, 4) is 5.75 Å². The second-order valence-electron chi connectivity index (χ2n) is 6.33. The van der Waals surface area contributed by atoms with Gasteiger partial charge in [-0.15, -0.1) is 0 Å². The zero-order chi connectivity index (χ0) is 18.6. The summed E-state index contributed by atoms with van der Waals surface area (Å²) >= 11 is 0. The van der Waals surface area contributed by atoms with Gasteiger partial charge in [0.2, 0.25) is 0 Å². The van der Waals surface area contributed by atoms with Gasteiger partial charge in [-0.05, 0) is 48.4 Å². The van der Waals surface area contributed by atoms with Gasteiger partial charge in [-0.3, -0.25) is 5.43 Å². The predicted molar refractivity (Wildman–Crippen MR) is 110 cm³/mol. The van der Waals surface area contributed by atoms with Crippen LogP contribution < -0.4 is 10.2 Å². The molecule has 27 heavy (non-hydrogen) atoms. The smallest absolute Gasteiger partial charge is 0.154 e. The summed E-state index contributed by atoms with van der Waals surface area (Å²) < 4.78 is 5.28. The number of amidine groups is 1. The third kappa shape index (κ3) is 3.47.